The second-order valence-electron chi connectivity index (χ2n) is 7.88. The fraction of sp³-hybridized carbons (Fsp3) is 0.789. The van der Waals surface area contributed by atoms with Crippen LogP contribution in [0, 0.1) is 5.92 Å². The largest absolute Gasteiger partial charge is 0.480 e. The molecule has 0 bridgehead atoms. The number of carbonyl (C=O) groups is 4. The Labute approximate surface area is 177 Å². The van der Waals surface area contributed by atoms with Gasteiger partial charge in [-0.05, 0) is 52.0 Å². The van der Waals surface area contributed by atoms with E-state index in [1.54, 1.807) is 0 Å². The lowest BCUT2D eigenvalue weighted by Crippen LogP contribution is -2.59. The molecule has 0 rings (SSSR count). The fourth-order valence-corrected chi connectivity index (χ4v) is 2.70. The molecule has 0 aliphatic heterocycles. The van der Waals surface area contributed by atoms with Crippen molar-refractivity contribution in [1.29, 1.82) is 0 Å². The third kappa shape index (κ3) is 10.5. The van der Waals surface area contributed by atoms with Gasteiger partial charge in [0.05, 0.1) is 12.1 Å². The maximum absolute atomic E-state index is 12.5. The molecule has 0 aromatic heterocycles. The Morgan fingerprint density at radius 3 is 1.97 bits per heavy atom. The minimum Gasteiger partial charge on any atom is -0.480 e. The molecule has 0 heterocycles. The molecule has 0 aliphatic rings. The highest BCUT2D eigenvalue weighted by molar-refractivity contribution is 5.94. The molecule has 0 aromatic carbocycles. The normalized spacial score (nSPS) is 16.1. The summed E-state index contributed by atoms with van der Waals surface area (Å²) >= 11 is 0. The summed E-state index contributed by atoms with van der Waals surface area (Å²) in [7, 11) is 0. The van der Waals surface area contributed by atoms with Crippen LogP contribution in [0.25, 0.3) is 0 Å². The maximum Gasteiger partial charge on any atom is 0.326 e. The van der Waals surface area contributed by atoms with E-state index in [0.29, 0.717) is 25.8 Å². The van der Waals surface area contributed by atoms with Crippen LogP contribution in [-0.4, -0.2) is 70.7 Å². The van der Waals surface area contributed by atoms with Crippen LogP contribution in [0.1, 0.15) is 53.4 Å². The van der Waals surface area contributed by atoms with Crippen molar-refractivity contribution in [3.63, 3.8) is 0 Å². The molecule has 0 fully saturated rings. The number of nitrogens with one attached hydrogen (secondary N) is 3. The van der Waals surface area contributed by atoms with E-state index < -0.39 is 54.0 Å². The summed E-state index contributed by atoms with van der Waals surface area (Å²) in [6, 6.07) is -4.35. The molecule has 9 N–H and O–H groups in total. The average molecular weight is 432 g/mol. The first-order chi connectivity index (χ1) is 13.9. The number of hydrogen-bond acceptors (Lipinski definition) is 7. The number of carboxylic acids is 1. The molecule has 174 valence electrons. The predicted molar refractivity (Wildman–Crippen MR) is 111 cm³/mol. The van der Waals surface area contributed by atoms with E-state index in [2.05, 4.69) is 16.0 Å². The fourth-order valence-electron chi connectivity index (χ4n) is 2.70. The SMILES string of the molecule is CC(C)CC(N)C(=O)NC(C(=O)NC(C)C(=O)NC(CCCCN)C(=O)O)C(C)O. The molecular weight excluding hydrogens is 394 g/mol. The van der Waals surface area contributed by atoms with Crippen molar-refractivity contribution in [1.82, 2.24) is 16.0 Å². The summed E-state index contributed by atoms with van der Waals surface area (Å²) in [4.78, 5) is 48.2. The van der Waals surface area contributed by atoms with Gasteiger partial charge in [0.25, 0.3) is 0 Å². The number of carboxylic acid groups (broad SMARTS) is 1. The molecule has 0 spiro atoms. The molecule has 5 atom stereocenters. The van der Waals surface area contributed by atoms with Crippen LogP contribution in [0.15, 0.2) is 0 Å². The van der Waals surface area contributed by atoms with Crippen molar-refractivity contribution in [2.75, 3.05) is 6.54 Å². The predicted octanol–water partition coefficient (Wildman–Crippen LogP) is -1.57. The van der Waals surface area contributed by atoms with Gasteiger partial charge in [0.1, 0.15) is 18.1 Å². The number of aliphatic carboxylic acids is 1. The monoisotopic (exact) mass is 431 g/mol. The topological polar surface area (TPSA) is 197 Å². The highest BCUT2D eigenvalue weighted by Crippen LogP contribution is 2.05. The quantitative estimate of drug-likeness (QED) is 0.160. The summed E-state index contributed by atoms with van der Waals surface area (Å²) in [6.45, 7) is 6.90. The van der Waals surface area contributed by atoms with Crippen LogP contribution in [0.4, 0.5) is 0 Å². The zero-order valence-electron chi connectivity index (χ0n) is 18.2. The first-order valence-electron chi connectivity index (χ1n) is 10.2. The molecule has 11 nitrogen and oxygen atoms in total. The molecule has 30 heavy (non-hydrogen) atoms. The van der Waals surface area contributed by atoms with E-state index in [1.807, 2.05) is 13.8 Å². The van der Waals surface area contributed by atoms with Crippen LogP contribution in [0.3, 0.4) is 0 Å². The van der Waals surface area contributed by atoms with E-state index in [0.717, 1.165) is 0 Å². The number of aliphatic hydroxyl groups excluding tert-OH is 1. The number of hydrogen-bond donors (Lipinski definition) is 7. The average Bonchev–Trinajstić information content (AvgIpc) is 2.63. The Bertz CT molecular complexity index is 584. The van der Waals surface area contributed by atoms with E-state index in [1.165, 1.54) is 13.8 Å². The zero-order chi connectivity index (χ0) is 23.4. The third-order valence-corrected chi connectivity index (χ3v) is 4.44. The number of unbranched alkanes of at least 4 members (excludes halogenated alkanes) is 1. The van der Waals surface area contributed by atoms with Crippen molar-refractivity contribution in [2.24, 2.45) is 17.4 Å². The number of rotatable bonds is 14. The lowest BCUT2D eigenvalue weighted by molar-refractivity contribution is -0.142. The van der Waals surface area contributed by atoms with Gasteiger partial charge in [0.15, 0.2) is 0 Å². The molecule has 3 amide bonds. The van der Waals surface area contributed by atoms with Crippen molar-refractivity contribution >= 4 is 23.7 Å². The van der Waals surface area contributed by atoms with E-state index in [-0.39, 0.29) is 12.3 Å². The summed E-state index contributed by atoms with van der Waals surface area (Å²) in [5.41, 5.74) is 11.2. The second kappa shape index (κ2) is 13.9. The Hall–Kier alpha value is -2.24. The number of aliphatic hydroxyl groups is 1. The second-order valence-corrected chi connectivity index (χ2v) is 7.88. The van der Waals surface area contributed by atoms with Gasteiger partial charge in [-0.1, -0.05) is 13.8 Å². The van der Waals surface area contributed by atoms with Crippen molar-refractivity contribution in [3.8, 4) is 0 Å². The van der Waals surface area contributed by atoms with E-state index in [4.69, 9.17) is 11.5 Å². The molecule has 0 aliphatic carbocycles. The van der Waals surface area contributed by atoms with Crippen LogP contribution in [-0.2, 0) is 19.2 Å². The highest BCUT2D eigenvalue weighted by atomic mass is 16.4. The minimum atomic E-state index is -1.31. The van der Waals surface area contributed by atoms with Crippen LogP contribution < -0.4 is 27.4 Å². The van der Waals surface area contributed by atoms with Crippen LogP contribution >= 0.6 is 0 Å². The van der Waals surface area contributed by atoms with Gasteiger partial charge in [-0.25, -0.2) is 4.79 Å². The summed E-state index contributed by atoms with van der Waals surface area (Å²) in [6.07, 6.45) is 0.527. The highest BCUT2D eigenvalue weighted by Gasteiger charge is 2.30. The van der Waals surface area contributed by atoms with E-state index >= 15 is 0 Å². The van der Waals surface area contributed by atoms with Gasteiger partial charge < -0.3 is 37.6 Å². The Kier molecular flexibility index (Phi) is 12.8. The molecule has 5 unspecified atom stereocenters. The lowest BCUT2D eigenvalue weighted by Gasteiger charge is -2.25. The van der Waals surface area contributed by atoms with Gasteiger partial charge in [-0.3, -0.25) is 14.4 Å². The van der Waals surface area contributed by atoms with E-state index in [9.17, 15) is 29.4 Å². The number of nitrogens with two attached hydrogens (primary N) is 2. The van der Waals surface area contributed by atoms with Crippen molar-refractivity contribution in [2.45, 2.75) is 83.6 Å². The Morgan fingerprint density at radius 2 is 1.50 bits per heavy atom. The molecule has 0 aromatic rings. The third-order valence-electron chi connectivity index (χ3n) is 4.44. The smallest absolute Gasteiger partial charge is 0.326 e. The first kappa shape index (κ1) is 27.8. The van der Waals surface area contributed by atoms with Gasteiger partial charge in [0, 0.05) is 0 Å². The van der Waals surface area contributed by atoms with Crippen LogP contribution in [0.2, 0.25) is 0 Å². The van der Waals surface area contributed by atoms with Gasteiger partial charge in [-0.2, -0.15) is 0 Å². The number of amides is 3. The summed E-state index contributed by atoms with van der Waals surface area (Å²) in [5, 5.41) is 26.3. The molecule has 0 saturated carbocycles. The van der Waals surface area contributed by atoms with Gasteiger partial charge in [0.2, 0.25) is 17.7 Å². The maximum atomic E-state index is 12.5. The summed E-state index contributed by atoms with van der Waals surface area (Å²) < 4.78 is 0. The molecule has 11 heteroatoms. The zero-order valence-corrected chi connectivity index (χ0v) is 18.2. The number of carbonyl (C=O) groups excluding carboxylic acids is 3. The minimum absolute atomic E-state index is 0.167. The standard InChI is InChI=1S/C19H37N5O6/c1-10(2)9-13(21)17(27)24-15(12(4)25)18(28)22-11(3)16(26)23-14(19(29)30)7-5-6-8-20/h10-15,25H,5-9,20-21H2,1-4H3,(H,22,28)(H,23,26)(H,24,27)(H,29,30). The van der Waals surface area contributed by atoms with Crippen molar-refractivity contribution < 1.29 is 29.4 Å². The Morgan fingerprint density at radius 1 is 0.900 bits per heavy atom. The molecular formula is C19H37N5O6. The first-order valence-corrected chi connectivity index (χ1v) is 10.2. The lowest BCUT2D eigenvalue weighted by atomic mass is 10.0. The van der Waals surface area contributed by atoms with Crippen molar-refractivity contribution in [3.05, 3.63) is 0 Å². The summed E-state index contributed by atoms with van der Waals surface area (Å²) in [5.74, 6) is -3.09. The van der Waals surface area contributed by atoms with Gasteiger partial charge >= 0.3 is 5.97 Å². The Balaban J connectivity index is 4.91. The van der Waals surface area contributed by atoms with Crippen LogP contribution in [0.5, 0.6) is 0 Å². The molecule has 0 radical (unpaired) electrons. The molecule has 0 saturated heterocycles. The van der Waals surface area contributed by atoms with Gasteiger partial charge in [-0.15, -0.1) is 0 Å².